The Morgan fingerprint density at radius 1 is 1.47 bits per heavy atom. The number of fused-ring (bicyclic) bond motifs is 1. The van der Waals surface area contributed by atoms with Gasteiger partial charge in [-0.2, -0.15) is 0 Å². The van der Waals surface area contributed by atoms with Gasteiger partial charge in [0.25, 0.3) is 0 Å². The van der Waals surface area contributed by atoms with Crippen LogP contribution < -0.4 is 0 Å². The molecular formula is C12H15NO2. The molecule has 0 radical (unpaired) electrons. The lowest BCUT2D eigenvalue weighted by molar-refractivity contribution is 0.0980. The maximum atomic E-state index is 11.7. The minimum atomic E-state index is 0.180. The third-order valence-electron chi connectivity index (χ3n) is 3.30. The van der Waals surface area contributed by atoms with Crippen LogP contribution in [0, 0.1) is 0 Å². The van der Waals surface area contributed by atoms with Crippen LogP contribution in [-0.4, -0.2) is 17.4 Å². The first-order valence-electron chi connectivity index (χ1n) is 5.59. The zero-order chi connectivity index (χ0) is 10.4. The van der Waals surface area contributed by atoms with Crippen LogP contribution in [-0.2, 0) is 17.8 Å². The summed E-state index contributed by atoms with van der Waals surface area (Å²) < 4.78 is 5.43. The second kappa shape index (κ2) is 3.20. The fraction of sp³-hybridized carbons (Fsp3) is 0.583. The van der Waals surface area contributed by atoms with Crippen molar-refractivity contribution >= 4 is 5.78 Å². The third-order valence-corrected chi connectivity index (χ3v) is 3.30. The van der Waals surface area contributed by atoms with Crippen molar-refractivity contribution in [3.05, 3.63) is 22.5 Å². The summed E-state index contributed by atoms with van der Waals surface area (Å²) in [7, 11) is 0. The lowest BCUT2D eigenvalue weighted by Gasteiger charge is -2.12. The Bertz CT molecular complexity index is 416. The van der Waals surface area contributed by atoms with Crippen LogP contribution in [0.5, 0.6) is 0 Å². The molecule has 0 spiro atoms. The lowest BCUT2D eigenvalue weighted by atomic mass is 10.0. The highest BCUT2D eigenvalue weighted by Crippen LogP contribution is 2.43. The van der Waals surface area contributed by atoms with E-state index in [9.17, 15) is 4.79 Å². The molecule has 0 aromatic carbocycles. The van der Waals surface area contributed by atoms with Gasteiger partial charge in [-0.1, -0.05) is 0 Å². The summed E-state index contributed by atoms with van der Waals surface area (Å²) in [6.07, 6.45) is 3.36. The van der Waals surface area contributed by atoms with E-state index in [2.05, 4.69) is 4.98 Å². The van der Waals surface area contributed by atoms with Crippen LogP contribution >= 0.6 is 0 Å². The number of Topliss-reactive ketones (excluding diaryl/α,β-unsaturated/α-hetero) is 1. The van der Waals surface area contributed by atoms with E-state index in [0.717, 1.165) is 24.2 Å². The molecule has 0 unspecified atom stereocenters. The largest absolute Gasteiger partial charge is 0.376 e. The molecule has 3 nitrogen and oxygen atoms in total. The van der Waals surface area contributed by atoms with Gasteiger partial charge >= 0.3 is 0 Å². The molecule has 1 saturated carbocycles. The summed E-state index contributed by atoms with van der Waals surface area (Å²) in [6.45, 7) is 3.03. The number of H-pyrrole nitrogens is 1. The SMILES string of the molecule is CC(=O)c1c(C2CC2)[nH]c2c1COCC2. The van der Waals surface area contributed by atoms with E-state index < -0.39 is 0 Å². The predicted molar refractivity (Wildman–Crippen MR) is 56.1 cm³/mol. The Balaban J connectivity index is 2.13. The summed E-state index contributed by atoms with van der Waals surface area (Å²) >= 11 is 0. The van der Waals surface area contributed by atoms with Crippen LogP contribution in [0.15, 0.2) is 0 Å². The highest BCUT2D eigenvalue weighted by molar-refractivity contribution is 5.97. The normalized spacial score (nSPS) is 20.1. The molecule has 80 valence electrons. The molecule has 1 N–H and O–H groups in total. The maximum absolute atomic E-state index is 11.7. The number of ketones is 1. The quantitative estimate of drug-likeness (QED) is 0.752. The zero-order valence-corrected chi connectivity index (χ0v) is 8.93. The van der Waals surface area contributed by atoms with Crippen molar-refractivity contribution in [1.82, 2.24) is 4.98 Å². The van der Waals surface area contributed by atoms with E-state index in [1.54, 1.807) is 6.92 Å². The Kier molecular flexibility index (Phi) is 1.96. The van der Waals surface area contributed by atoms with E-state index in [1.165, 1.54) is 24.2 Å². The van der Waals surface area contributed by atoms with Gasteiger partial charge in [-0.15, -0.1) is 0 Å². The van der Waals surface area contributed by atoms with Crippen LogP contribution in [0.1, 0.15) is 53.0 Å². The Labute approximate surface area is 88.8 Å². The number of carbonyl (C=O) groups is 1. The molecule has 15 heavy (non-hydrogen) atoms. The summed E-state index contributed by atoms with van der Waals surface area (Å²) in [6, 6.07) is 0. The molecule has 1 aromatic heterocycles. The van der Waals surface area contributed by atoms with Crippen LogP contribution in [0.4, 0.5) is 0 Å². The number of hydrogen-bond acceptors (Lipinski definition) is 2. The van der Waals surface area contributed by atoms with Crippen molar-refractivity contribution in [2.75, 3.05) is 6.61 Å². The molecule has 1 aliphatic carbocycles. The maximum Gasteiger partial charge on any atom is 0.161 e. The summed E-state index contributed by atoms with van der Waals surface area (Å²) in [5.74, 6) is 0.786. The number of ether oxygens (including phenoxy) is 1. The molecular weight excluding hydrogens is 190 g/mol. The van der Waals surface area contributed by atoms with Gasteiger partial charge in [0, 0.05) is 28.9 Å². The number of nitrogens with one attached hydrogen (secondary N) is 1. The second-order valence-electron chi connectivity index (χ2n) is 4.50. The first-order chi connectivity index (χ1) is 7.27. The average molecular weight is 205 g/mol. The minimum Gasteiger partial charge on any atom is -0.376 e. The van der Waals surface area contributed by atoms with E-state index >= 15 is 0 Å². The Morgan fingerprint density at radius 3 is 2.93 bits per heavy atom. The highest BCUT2D eigenvalue weighted by atomic mass is 16.5. The fourth-order valence-electron chi connectivity index (χ4n) is 2.42. The average Bonchev–Trinajstić information content (AvgIpc) is 2.98. The zero-order valence-electron chi connectivity index (χ0n) is 8.93. The fourth-order valence-corrected chi connectivity index (χ4v) is 2.42. The molecule has 0 bridgehead atoms. The summed E-state index contributed by atoms with van der Waals surface area (Å²) in [4.78, 5) is 15.1. The molecule has 0 atom stereocenters. The Hall–Kier alpha value is -1.09. The Morgan fingerprint density at radius 2 is 2.27 bits per heavy atom. The van der Waals surface area contributed by atoms with E-state index in [0.29, 0.717) is 12.5 Å². The van der Waals surface area contributed by atoms with Crippen molar-refractivity contribution in [3.63, 3.8) is 0 Å². The number of aromatic nitrogens is 1. The first kappa shape index (κ1) is 9.16. The molecule has 2 heterocycles. The van der Waals surface area contributed by atoms with E-state index in [4.69, 9.17) is 4.74 Å². The van der Waals surface area contributed by atoms with Crippen molar-refractivity contribution in [3.8, 4) is 0 Å². The molecule has 0 saturated heterocycles. The van der Waals surface area contributed by atoms with Gasteiger partial charge in [0.05, 0.1) is 13.2 Å². The third kappa shape index (κ3) is 1.42. The standard InChI is InChI=1S/C12H15NO2/c1-7(14)11-9-6-15-5-4-10(9)13-12(11)8-2-3-8/h8,13H,2-6H2,1H3. The van der Waals surface area contributed by atoms with E-state index in [-0.39, 0.29) is 5.78 Å². The summed E-state index contributed by atoms with van der Waals surface area (Å²) in [5, 5.41) is 0. The number of hydrogen-bond donors (Lipinski definition) is 1. The number of aromatic amines is 1. The summed E-state index contributed by atoms with van der Waals surface area (Å²) in [5.41, 5.74) is 4.45. The van der Waals surface area contributed by atoms with Crippen LogP contribution in [0.25, 0.3) is 0 Å². The van der Waals surface area contributed by atoms with Gasteiger partial charge in [-0.3, -0.25) is 4.79 Å². The highest BCUT2D eigenvalue weighted by Gasteiger charge is 2.32. The molecule has 1 fully saturated rings. The van der Waals surface area contributed by atoms with Gasteiger partial charge in [-0.05, 0) is 25.7 Å². The van der Waals surface area contributed by atoms with Crippen molar-refractivity contribution in [2.24, 2.45) is 0 Å². The van der Waals surface area contributed by atoms with Gasteiger partial charge < -0.3 is 9.72 Å². The molecule has 2 aliphatic rings. The molecule has 3 heteroatoms. The first-order valence-corrected chi connectivity index (χ1v) is 5.59. The van der Waals surface area contributed by atoms with Gasteiger partial charge in [0.2, 0.25) is 0 Å². The van der Waals surface area contributed by atoms with Crippen molar-refractivity contribution < 1.29 is 9.53 Å². The van der Waals surface area contributed by atoms with Crippen LogP contribution in [0.2, 0.25) is 0 Å². The van der Waals surface area contributed by atoms with Crippen molar-refractivity contribution in [2.45, 2.75) is 38.7 Å². The lowest BCUT2D eigenvalue weighted by Crippen LogP contribution is -2.10. The number of rotatable bonds is 2. The van der Waals surface area contributed by atoms with Crippen LogP contribution in [0.3, 0.4) is 0 Å². The second-order valence-corrected chi connectivity index (χ2v) is 4.50. The number of carbonyl (C=O) groups excluding carboxylic acids is 1. The molecule has 3 rings (SSSR count). The molecule has 0 amide bonds. The van der Waals surface area contributed by atoms with Gasteiger partial charge in [0.1, 0.15) is 0 Å². The topological polar surface area (TPSA) is 42.1 Å². The van der Waals surface area contributed by atoms with Gasteiger partial charge in [0.15, 0.2) is 5.78 Å². The monoisotopic (exact) mass is 205 g/mol. The van der Waals surface area contributed by atoms with Gasteiger partial charge in [-0.25, -0.2) is 0 Å². The molecule has 1 aliphatic heterocycles. The smallest absolute Gasteiger partial charge is 0.161 e. The minimum absolute atomic E-state index is 0.180. The van der Waals surface area contributed by atoms with E-state index in [1.807, 2.05) is 0 Å². The van der Waals surface area contributed by atoms with Crippen molar-refractivity contribution in [1.29, 1.82) is 0 Å². The molecule has 1 aromatic rings. The predicted octanol–water partition coefficient (Wildman–Crippen LogP) is 2.17.